The maximum absolute atomic E-state index is 13.1. The Hall–Kier alpha value is -2.23. The Labute approximate surface area is 154 Å². The Morgan fingerprint density at radius 3 is 2.62 bits per heavy atom. The number of amides is 1. The zero-order chi connectivity index (χ0) is 17.9. The van der Waals surface area contributed by atoms with E-state index in [0.717, 1.165) is 55.7 Å². The minimum atomic E-state index is -0.214. The summed E-state index contributed by atoms with van der Waals surface area (Å²) in [6.45, 7) is 1.68. The van der Waals surface area contributed by atoms with Gasteiger partial charge in [-0.1, -0.05) is 24.6 Å². The van der Waals surface area contributed by atoms with E-state index in [-0.39, 0.29) is 11.7 Å². The number of halogens is 1. The van der Waals surface area contributed by atoms with Crippen LogP contribution in [0.3, 0.4) is 0 Å². The molecule has 0 spiro atoms. The number of nitrogens with zero attached hydrogens (tertiary/aromatic N) is 2. The molecule has 4 rings (SSSR count). The van der Waals surface area contributed by atoms with E-state index in [0.29, 0.717) is 18.2 Å². The lowest BCUT2D eigenvalue weighted by molar-refractivity contribution is -0.139. The number of aromatic nitrogens is 1. The molecule has 1 aliphatic carbocycles. The number of pyridine rings is 1. The fourth-order valence-corrected chi connectivity index (χ4v) is 3.97. The molecule has 1 unspecified atom stereocenters. The molecule has 1 saturated carbocycles. The van der Waals surface area contributed by atoms with Crippen molar-refractivity contribution in [2.75, 3.05) is 13.1 Å². The predicted octanol–water partition coefficient (Wildman–Crippen LogP) is 4.32. The van der Waals surface area contributed by atoms with Gasteiger partial charge in [-0.05, 0) is 55.5 Å². The second kappa shape index (κ2) is 7.56. The first-order valence-electron chi connectivity index (χ1n) is 9.68. The summed E-state index contributed by atoms with van der Waals surface area (Å²) in [6.07, 6.45) is 6.15. The molecule has 136 valence electrons. The van der Waals surface area contributed by atoms with Crippen LogP contribution in [0.25, 0.3) is 0 Å². The van der Waals surface area contributed by atoms with Crippen LogP contribution in [0.15, 0.2) is 42.5 Å². The van der Waals surface area contributed by atoms with Crippen LogP contribution in [0.2, 0.25) is 0 Å². The molecule has 1 amide bonds. The summed E-state index contributed by atoms with van der Waals surface area (Å²) in [5.74, 6) is 0.727. The molecule has 1 aromatic heterocycles. The minimum Gasteiger partial charge on any atom is -0.342 e. The summed E-state index contributed by atoms with van der Waals surface area (Å²) in [7, 11) is 0. The zero-order valence-electron chi connectivity index (χ0n) is 15.0. The van der Waals surface area contributed by atoms with Gasteiger partial charge in [-0.2, -0.15) is 0 Å². The summed E-state index contributed by atoms with van der Waals surface area (Å²) in [6, 6.07) is 12.7. The van der Waals surface area contributed by atoms with Gasteiger partial charge in [-0.15, -0.1) is 0 Å². The van der Waals surface area contributed by atoms with Crippen LogP contribution in [0, 0.1) is 11.7 Å². The van der Waals surface area contributed by atoms with Crippen molar-refractivity contribution < 1.29 is 9.18 Å². The molecule has 26 heavy (non-hydrogen) atoms. The van der Waals surface area contributed by atoms with Gasteiger partial charge >= 0.3 is 0 Å². The Morgan fingerprint density at radius 1 is 1.08 bits per heavy atom. The molecular formula is C22H25FN2O. The van der Waals surface area contributed by atoms with E-state index in [9.17, 15) is 9.18 Å². The van der Waals surface area contributed by atoms with Crippen LogP contribution in [0.5, 0.6) is 0 Å². The first kappa shape index (κ1) is 17.2. The third-order valence-corrected chi connectivity index (χ3v) is 5.73. The van der Waals surface area contributed by atoms with Crippen molar-refractivity contribution in [3.8, 4) is 0 Å². The first-order valence-corrected chi connectivity index (χ1v) is 9.68. The van der Waals surface area contributed by atoms with Gasteiger partial charge in [0.25, 0.3) is 0 Å². The van der Waals surface area contributed by atoms with E-state index in [2.05, 4.69) is 11.0 Å². The summed E-state index contributed by atoms with van der Waals surface area (Å²) in [5, 5.41) is 0. The molecule has 0 radical (unpaired) electrons. The van der Waals surface area contributed by atoms with E-state index in [1.807, 2.05) is 24.3 Å². The molecule has 1 atom stereocenters. The van der Waals surface area contributed by atoms with Crippen molar-refractivity contribution in [2.45, 2.75) is 44.4 Å². The van der Waals surface area contributed by atoms with E-state index >= 15 is 0 Å². The molecule has 1 aliphatic heterocycles. The van der Waals surface area contributed by atoms with Crippen LogP contribution in [0.1, 0.15) is 55.0 Å². The number of hydrogen-bond acceptors (Lipinski definition) is 2. The molecule has 0 bridgehead atoms. The average molecular weight is 352 g/mol. The van der Waals surface area contributed by atoms with Gasteiger partial charge in [0, 0.05) is 42.7 Å². The van der Waals surface area contributed by atoms with E-state index in [4.69, 9.17) is 4.98 Å². The molecule has 2 aliphatic rings. The average Bonchev–Trinajstić information content (AvgIpc) is 2.63. The van der Waals surface area contributed by atoms with E-state index < -0.39 is 0 Å². The quantitative estimate of drug-likeness (QED) is 0.821. The second-order valence-electron chi connectivity index (χ2n) is 7.61. The number of likely N-dealkylation sites (tertiary alicyclic amines) is 1. The van der Waals surface area contributed by atoms with Gasteiger partial charge in [-0.25, -0.2) is 4.39 Å². The largest absolute Gasteiger partial charge is 0.342 e. The molecule has 2 heterocycles. The first-order chi connectivity index (χ1) is 12.7. The molecule has 0 N–H and O–H groups in total. The van der Waals surface area contributed by atoms with Crippen molar-refractivity contribution in [1.82, 2.24) is 9.88 Å². The Bertz CT molecular complexity index is 770. The van der Waals surface area contributed by atoms with Crippen LogP contribution in [-0.2, 0) is 11.2 Å². The van der Waals surface area contributed by atoms with Gasteiger partial charge in [0.2, 0.25) is 5.91 Å². The molecule has 1 aromatic carbocycles. The molecule has 4 heteroatoms. The second-order valence-corrected chi connectivity index (χ2v) is 7.61. The molecule has 1 saturated heterocycles. The maximum atomic E-state index is 13.1. The van der Waals surface area contributed by atoms with Gasteiger partial charge in [0.1, 0.15) is 5.82 Å². The molecule has 2 fully saturated rings. The Balaban J connectivity index is 1.45. The van der Waals surface area contributed by atoms with Crippen LogP contribution in [-0.4, -0.2) is 28.9 Å². The zero-order valence-corrected chi connectivity index (χ0v) is 15.0. The number of piperidine rings is 1. The summed E-state index contributed by atoms with van der Waals surface area (Å²) >= 11 is 0. The maximum Gasteiger partial charge on any atom is 0.225 e. The summed E-state index contributed by atoms with van der Waals surface area (Å²) in [5.41, 5.74) is 3.13. The van der Waals surface area contributed by atoms with Crippen molar-refractivity contribution in [3.63, 3.8) is 0 Å². The van der Waals surface area contributed by atoms with Crippen LogP contribution >= 0.6 is 0 Å². The highest BCUT2D eigenvalue weighted by molar-refractivity contribution is 5.79. The Morgan fingerprint density at radius 2 is 1.88 bits per heavy atom. The third-order valence-electron chi connectivity index (χ3n) is 5.73. The standard InChI is InChI=1S/C22H25FN2O/c23-19-11-9-16(10-12-19)14-20-7-2-8-21(24-20)18-6-3-13-25(15-18)22(26)17-4-1-5-17/h2,7-12,17-18H,1,3-6,13-15H2. The highest BCUT2D eigenvalue weighted by atomic mass is 19.1. The number of benzene rings is 1. The fraction of sp³-hybridized carbons (Fsp3) is 0.455. The van der Waals surface area contributed by atoms with Crippen molar-refractivity contribution in [2.24, 2.45) is 5.92 Å². The van der Waals surface area contributed by atoms with Gasteiger partial charge < -0.3 is 4.90 Å². The monoisotopic (exact) mass is 352 g/mol. The Kier molecular flexibility index (Phi) is 5.00. The highest BCUT2D eigenvalue weighted by Gasteiger charge is 2.32. The lowest BCUT2D eigenvalue weighted by atomic mass is 9.83. The van der Waals surface area contributed by atoms with E-state index in [1.165, 1.54) is 18.6 Å². The lowest BCUT2D eigenvalue weighted by Crippen LogP contribution is -2.44. The summed E-state index contributed by atoms with van der Waals surface area (Å²) < 4.78 is 13.1. The van der Waals surface area contributed by atoms with Crippen molar-refractivity contribution >= 4 is 5.91 Å². The number of hydrogen-bond donors (Lipinski definition) is 0. The molecular weight excluding hydrogens is 327 g/mol. The summed E-state index contributed by atoms with van der Waals surface area (Å²) in [4.78, 5) is 19.5. The number of rotatable bonds is 4. The SMILES string of the molecule is O=C(C1CCC1)N1CCCC(c2cccc(Cc3ccc(F)cc3)n2)C1. The molecule has 3 nitrogen and oxygen atoms in total. The third kappa shape index (κ3) is 3.79. The van der Waals surface area contributed by atoms with Gasteiger partial charge in [-0.3, -0.25) is 9.78 Å². The van der Waals surface area contributed by atoms with Crippen molar-refractivity contribution in [3.05, 3.63) is 65.2 Å². The predicted molar refractivity (Wildman–Crippen MR) is 99.3 cm³/mol. The minimum absolute atomic E-state index is 0.214. The number of carbonyl (C=O) groups excluding carboxylic acids is 1. The fourth-order valence-electron chi connectivity index (χ4n) is 3.97. The topological polar surface area (TPSA) is 33.2 Å². The molecule has 2 aromatic rings. The number of carbonyl (C=O) groups is 1. The van der Waals surface area contributed by atoms with E-state index in [1.54, 1.807) is 0 Å². The van der Waals surface area contributed by atoms with Crippen molar-refractivity contribution in [1.29, 1.82) is 0 Å². The van der Waals surface area contributed by atoms with Crippen LogP contribution < -0.4 is 0 Å². The normalized spacial score (nSPS) is 20.7. The van der Waals surface area contributed by atoms with Gasteiger partial charge in [0.05, 0.1) is 0 Å². The lowest BCUT2D eigenvalue weighted by Gasteiger charge is -2.37. The smallest absolute Gasteiger partial charge is 0.225 e. The van der Waals surface area contributed by atoms with Gasteiger partial charge in [0.15, 0.2) is 0 Å². The van der Waals surface area contributed by atoms with Crippen LogP contribution in [0.4, 0.5) is 4.39 Å². The highest BCUT2D eigenvalue weighted by Crippen LogP contribution is 2.32.